The monoisotopic (exact) mass is 446 g/mol. The summed E-state index contributed by atoms with van der Waals surface area (Å²) in [5.74, 6) is 1.04. The molecule has 1 N–H and O–H groups in total. The van der Waals surface area contributed by atoms with Crippen LogP contribution in [-0.4, -0.2) is 35.4 Å². The van der Waals surface area contributed by atoms with Crippen LogP contribution in [0.15, 0.2) is 42.5 Å². The molecule has 174 valence electrons. The predicted molar refractivity (Wildman–Crippen MR) is 128 cm³/mol. The average molecular weight is 447 g/mol. The second-order valence-electron chi connectivity index (χ2n) is 9.98. The fourth-order valence-corrected chi connectivity index (χ4v) is 5.31. The molecule has 2 fully saturated rings. The van der Waals surface area contributed by atoms with Gasteiger partial charge in [-0.25, -0.2) is 0 Å². The van der Waals surface area contributed by atoms with Crippen LogP contribution in [0.5, 0.6) is 5.75 Å². The molecule has 5 heteroatoms. The Morgan fingerprint density at radius 3 is 2.58 bits per heavy atom. The number of benzene rings is 2. The van der Waals surface area contributed by atoms with Crippen LogP contribution in [-0.2, 0) is 16.0 Å². The lowest BCUT2D eigenvalue weighted by molar-refractivity contribution is -0.137. The van der Waals surface area contributed by atoms with Gasteiger partial charge in [-0.3, -0.25) is 9.59 Å². The molecular formula is C28H34N2O3. The van der Waals surface area contributed by atoms with Gasteiger partial charge in [-0.2, -0.15) is 0 Å². The van der Waals surface area contributed by atoms with Gasteiger partial charge in [0.2, 0.25) is 5.91 Å². The van der Waals surface area contributed by atoms with Gasteiger partial charge in [0.15, 0.2) is 6.10 Å². The first kappa shape index (κ1) is 22.0. The van der Waals surface area contributed by atoms with E-state index in [1.807, 2.05) is 6.07 Å². The fraction of sp³-hybridized carbons (Fsp3) is 0.500. The number of carbonyl (C=O) groups is 2. The molecule has 2 saturated carbocycles. The molecule has 0 aromatic heterocycles. The summed E-state index contributed by atoms with van der Waals surface area (Å²) in [5, 5.41) is 3.01. The van der Waals surface area contributed by atoms with Crippen molar-refractivity contribution in [1.29, 1.82) is 0 Å². The Bertz CT molecular complexity index is 1040. The number of carbonyl (C=O) groups excluding carboxylic acids is 2. The predicted octanol–water partition coefficient (Wildman–Crippen LogP) is 4.71. The van der Waals surface area contributed by atoms with E-state index in [9.17, 15) is 9.59 Å². The van der Waals surface area contributed by atoms with Crippen LogP contribution in [0.2, 0.25) is 0 Å². The van der Waals surface area contributed by atoms with Gasteiger partial charge in [0.05, 0.1) is 6.04 Å². The Balaban J connectivity index is 1.46. The van der Waals surface area contributed by atoms with Crippen LogP contribution in [0.25, 0.3) is 0 Å². The maximum Gasteiger partial charge on any atom is 0.260 e. The van der Waals surface area contributed by atoms with Crippen molar-refractivity contribution in [3.8, 4) is 5.75 Å². The Labute approximate surface area is 196 Å². The van der Waals surface area contributed by atoms with Gasteiger partial charge in [0.25, 0.3) is 5.91 Å². The maximum atomic E-state index is 13.6. The van der Waals surface area contributed by atoms with Crippen LogP contribution in [0.3, 0.4) is 0 Å². The number of nitrogens with zero attached hydrogens (tertiary/aromatic N) is 1. The van der Waals surface area contributed by atoms with Gasteiger partial charge in [-0.15, -0.1) is 0 Å². The molecule has 5 rings (SSSR count). The maximum absolute atomic E-state index is 13.6. The van der Waals surface area contributed by atoms with E-state index in [1.54, 1.807) is 6.92 Å². The van der Waals surface area contributed by atoms with E-state index in [-0.39, 0.29) is 23.8 Å². The first-order valence-electron chi connectivity index (χ1n) is 12.5. The van der Waals surface area contributed by atoms with Gasteiger partial charge in [0.1, 0.15) is 5.75 Å². The Morgan fingerprint density at radius 1 is 1.06 bits per heavy atom. The lowest BCUT2D eigenvalue weighted by Crippen LogP contribution is -2.43. The first-order chi connectivity index (χ1) is 16.0. The van der Waals surface area contributed by atoms with Crippen molar-refractivity contribution in [2.24, 2.45) is 5.92 Å². The number of hydrogen-bond acceptors (Lipinski definition) is 3. The Hall–Kier alpha value is -2.82. The van der Waals surface area contributed by atoms with E-state index < -0.39 is 6.10 Å². The number of aryl methyl sites for hydroxylation is 1. The molecule has 0 bridgehead atoms. The third kappa shape index (κ3) is 4.78. The summed E-state index contributed by atoms with van der Waals surface area (Å²) in [6.07, 6.45) is 6.69. The van der Waals surface area contributed by atoms with Crippen molar-refractivity contribution in [3.05, 3.63) is 64.7 Å². The topological polar surface area (TPSA) is 58.6 Å². The second kappa shape index (κ2) is 9.20. The van der Waals surface area contributed by atoms with Crippen LogP contribution in [0, 0.1) is 12.8 Å². The van der Waals surface area contributed by atoms with Gasteiger partial charge < -0.3 is 15.0 Å². The first-order valence-corrected chi connectivity index (χ1v) is 12.5. The van der Waals surface area contributed by atoms with E-state index in [0.717, 1.165) is 62.6 Å². The molecule has 0 radical (unpaired) electrons. The minimum atomic E-state index is -0.555. The number of fused-ring (bicyclic) bond motifs is 1. The molecule has 2 unspecified atom stereocenters. The smallest absolute Gasteiger partial charge is 0.260 e. The molecule has 1 aliphatic heterocycles. The van der Waals surface area contributed by atoms with E-state index in [1.165, 1.54) is 11.1 Å². The highest BCUT2D eigenvalue weighted by atomic mass is 16.5. The summed E-state index contributed by atoms with van der Waals surface area (Å²) >= 11 is 0. The zero-order valence-corrected chi connectivity index (χ0v) is 19.7. The van der Waals surface area contributed by atoms with Crippen molar-refractivity contribution in [1.82, 2.24) is 10.2 Å². The quantitative estimate of drug-likeness (QED) is 0.699. The molecule has 2 aromatic carbocycles. The van der Waals surface area contributed by atoms with Crippen LogP contribution < -0.4 is 10.1 Å². The zero-order chi connectivity index (χ0) is 22.9. The van der Waals surface area contributed by atoms with Gasteiger partial charge in [-0.05, 0) is 74.8 Å². The number of hydrogen-bond donors (Lipinski definition) is 1. The molecule has 33 heavy (non-hydrogen) atoms. The zero-order valence-electron chi connectivity index (χ0n) is 19.7. The number of amides is 2. The minimum Gasteiger partial charge on any atom is -0.481 e. The third-order valence-electron chi connectivity index (χ3n) is 7.30. The van der Waals surface area contributed by atoms with E-state index >= 15 is 0 Å². The Morgan fingerprint density at radius 2 is 1.85 bits per heavy atom. The van der Waals surface area contributed by atoms with Crippen molar-refractivity contribution in [2.45, 2.75) is 77.0 Å². The molecular weight excluding hydrogens is 412 g/mol. The van der Waals surface area contributed by atoms with E-state index in [2.05, 4.69) is 53.5 Å². The summed E-state index contributed by atoms with van der Waals surface area (Å²) < 4.78 is 6.06. The highest BCUT2D eigenvalue weighted by Crippen LogP contribution is 2.40. The summed E-state index contributed by atoms with van der Waals surface area (Å²) in [5.41, 5.74) is 4.69. The minimum absolute atomic E-state index is 0.0662. The summed E-state index contributed by atoms with van der Waals surface area (Å²) in [6.45, 7) is 4.63. The molecule has 3 aliphatic rings. The molecule has 2 amide bonds. The highest BCUT2D eigenvalue weighted by Gasteiger charge is 2.36. The van der Waals surface area contributed by atoms with Crippen molar-refractivity contribution < 1.29 is 14.3 Å². The van der Waals surface area contributed by atoms with Crippen LogP contribution >= 0.6 is 0 Å². The average Bonchev–Trinajstić information content (AvgIpc) is 3.45. The molecule has 0 spiro atoms. The summed E-state index contributed by atoms with van der Waals surface area (Å²) in [6, 6.07) is 14.8. The SMILES string of the molecule is Cc1cccc(C2c3cc(OC(C)C(=O)NC4CC4)ccc3CCN2C(=O)C2CCCC2)c1. The number of nitrogens with one attached hydrogen (secondary N) is 1. The summed E-state index contributed by atoms with van der Waals surface area (Å²) in [7, 11) is 0. The van der Waals surface area contributed by atoms with E-state index in [0.29, 0.717) is 11.8 Å². The highest BCUT2D eigenvalue weighted by molar-refractivity contribution is 5.81. The largest absolute Gasteiger partial charge is 0.481 e. The molecule has 5 nitrogen and oxygen atoms in total. The molecule has 2 aromatic rings. The van der Waals surface area contributed by atoms with Gasteiger partial charge >= 0.3 is 0 Å². The van der Waals surface area contributed by atoms with Gasteiger partial charge in [-0.1, -0.05) is 48.7 Å². The Kier molecular flexibility index (Phi) is 6.13. The third-order valence-corrected chi connectivity index (χ3v) is 7.30. The van der Waals surface area contributed by atoms with Crippen molar-refractivity contribution in [2.75, 3.05) is 6.54 Å². The van der Waals surface area contributed by atoms with Crippen molar-refractivity contribution in [3.63, 3.8) is 0 Å². The lowest BCUT2D eigenvalue weighted by atomic mass is 9.86. The molecule has 2 atom stereocenters. The molecule has 1 heterocycles. The molecule has 2 aliphatic carbocycles. The standard InChI is InChI=1S/C28H34N2O3/c1-18-6-5-9-22(16-18)26-25-17-24(33-19(2)27(31)29-23-11-12-23)13-10-20(25)14-15-30(26)28(32)21-7-3-4-8-21/h5-6,9-10,13,16-17,19,21,23,26H,3-4,7-8,11-12,14-15H2,1-2H3,(H,29,31). The van der Waals surface area contributed by atoms with Crippen molar-refractivity contribution >= 4 is 11.8 Å². The fourth-order valence-electron chi connectivity index (χ4n) is 5.31. The summed E-state index contributed by atoms with van der Waals surface area (Å²) in [4.78, 5) is 28.1. The normalized spacial score (nSPS) is 21.4. The number of rotatable bonds is 6. The molecule has 0 saturated heterocycles. The van der Waals surface area contributed by atoms with Crippen LogP contribution in [0.4, 0.5) is 0 Å². The second-order valence-corrected chi connectivity index (χ2v) is 9.98. The number of ether oxygens (including phenoxy) is 1. The van der Waals surface area contributed by atoms with Crippen LogP contribution in [0.1, 0.15) is 73.7 Å². The lowest BCUT2D eigenvalue weighted by Gasteiger charge is -2.39. The van der Waals surface area contributed by atoms with Gasteiger partial charge in [0, 0.05) is 18.5 Å². The van der Waals surface area contributed by atoms with E-state index in [4.69, 9.17) is 4.74 Å².